The van der Waals surface area contributed by atoms with Crippen LogP contribution in [0.2, 0.25) is 0 Å². The normalized spacial score (nSPS) is 26.3. The first kappa shape index (κ1) is 17.2. The van der Waals surface area contributed by atoms with E-state index in [4.69, 9.17) is 4.74 Å². The van der Waals surface area contributed by atoms with Gasteiger partial charge in [0.1, 0.15) is 0 Å². The Morgan fingerprint density at radius 1 is 1.33 bits per heavy atom. The second kappa shape index (κ2) is 7.99. The van der Waals surface area contributed by atoms with Crippen molar-refractivity contribution in [1.29, 1.82) is 0 Å². The number of carbonyl (C=O) groups excluding carboxylic acids is 1. The maximum atomic E-state index is 12.6. The van der Waals surface area contributed by atoms with Gasteiger partial charge >= 0.3 is 6.03 Å². The van der Waals surface area contributed by atoms with Crippen LogP contribution in [0, 0.1) is 0 Å². The number of aliphatic hydroxyl groups is 1. The molecule has 2 N–H and O–H groups in total. The predicted molar refractivity (Wildman–Crippen MR) is 92.7 cm³/mol. The van der Waals surface area contributed by atoms with Crippen molar-refractivity contribution in [3.8, 4) is 0 Å². The zero-order chi connectivity index (χ0) is 16.9. The number of hydrogen-bond donors (Lipinski definition) is 2. The van der Waals surface area contributed by atoms with Crippen molar-refractivity contribution in [1.82, 2.24) is 10.2 Å². The van der Waals surface area contributed by atoms with Crippen molar-refractivity contribution >= 4 is 6.03 Å². The number of nitrogens with zero attached hydrogens (tertiary/aromatic N) is 1. The van der Waals surface area contributed by atoms with Crippen LogP contribution in [0.3, 0.4) is 0 Å². The van der Waals surface area contributed by atoms with E-state index in [0.29, 0.717) is 6.42 Å². The van der Waals surface area contributed by atoms with Gasteiger partial charge in [-0.15, -0.1) is 0 Å². The van der Waals surface area contributed by atoms with Gasteiger partial charge in [-0.2, -0.15) is 0 Å². The summed E-state index contributed by atoms with van der Waals surface area (Å²) >= 11 is 0. The van der Waals surface area contributed by atoms with E-state index in [1.165, 1.54) is 0 Å². The molecule has 0 aliphatic carbocycles. The number of nitrogens with one attached hydrogen (secondary N) is 1. The molecule has 0 unspecified atom stereocenters. The SMILES string of the molecule is C[C@H](NC(=O)N1CCC[C@@H]1C[C@@H](O)c1ccccc1)[C@@H]1CCCO1. The molecular weight excluding hydrogens is 304 g/mol. The topological polar surface area (TPSA) is 61.8 Å². The molecule has 3 rings (SSSR count). The minimum absolute atomic E-state index is 0.0271. The summed E-state index contributed by atoms with van der Waals surface area (Å²) in [5.41, 5.74) is 0.914. The lowest BCUT2D eigenvalue weighted by molar-refractivity contribution is 0.0810. The van der Waals surface area contributed by atoms with E-state index in [2.05, 4.69) is 5.32 Å². The van der Waals surface area contributed by atoms with Crippen LogP contribution in [-0.2, 0) is 4.74 Å². The van der Waals surface area contributed by atoms with Crippen LogP contribution in [0.5, 0.6) is 0 Å². The lowest BCUT2D eigenvalue weighted by Crippen LogP contribution is -2.49. The number of hydrogen-bond acceptors (Lipinski definition) is 3. The van der Waals surface area contributed by atoms with Gasteiger partial charge in [-0.05, 0) is 44.6 Å². The Bertz CT molecular complexity index is 531. The maximum absolute atomic E-state index is 12.6. The molecule has 5 heteroatoms. The number of carbonyl (C=O) groups is 1. The summed E-state index contributed by atoms with van der Waals surface area (Å²) in [4.78, 5) is 14.5. The van der Waals surface area contributed by atoms with Crippen molar-refractivity contribution < 1.29 is 14.6 Å². The molecule has 2 aliphatic rings. The highest BCUT2D eigenvalue weighted by Crippen LogP contribution is 2.27. The quantitative estimate of drug-likeness (QED) is 0.871. The summed E-state index contributed by atoms with van der Waals surface area (Å²) in [6.45, 7) is 3.56. The molecule has 5 nitrogen and oxygen atoms in total. The van der Waals surface area contributed by atoms with E-state index < -0.39 is 6.10 Å². The van der Waals surface area contributed by atoms with E-state index in [1.54, 1.807) is 0 Å². The summed E-state index contributed by atoms with van der Waals surface area (Å²) in [6, 6.07) is 9.77. The van der Waals surface area contributed by atoms with Gasteiger partial charge in [0.15, 0.2) is 0 Å². The Morgan fingerprint density at radius 3 is 2.83 bits per heavy atom. The van der Waals surface area contributed by atoms with Crippen LogP contribution in [-0.4, -0.2) is 47.4 Å². The largest absolute Gasteiger partial charge is 0.388 e. The van der Waals surface area contributed by atoms with Crippen molar-refractivity contribution in [3.63, 3.8) is 0 Å². The fourth-order valence-electron chi connectivity index (χ4n) is 3.78. The first-order valence-corrected chi connectivity index (χ1v) is 9.07. The monoisotopic (exact) mass is 332 g/mol. The zero-order valence-electron chi connectivity index (χ0n) is 14.4. The smallest absolute Gasteiger partial charge is 0.317 e. The average molecular weight is 332 g/mol. The van der Waals surface area contributed by atoms with Crippen LogP contribution in [0.1, 0.15) is 50.7 Å². The third-order valence-corrected chi connectivity index (χ3v) is 5.19. The number of urea groups is 1. The molecule has 132 valence electrons. The second-order valence-corrected chi connectivity index (χ2v) is 6.94. The minimum atomic E-state index is -0.528. The van der Waals surface area contributed by atoms with E-state index in [-0.39, 0.29) is 24.2 Å². The van der Waals surface area contributed by atoms with Gasteiger partial charge in [-0.25, -0.2) is 4.79 Å². The van der Waals surface area contributed by atoms with Gasteiger partial charge in [-0.3, -0.25) is 0 Å². The van der Waals surface area contributed by atoms with Gasteiger partial charge < -0.3 is 20.1 Å². The average Bonchev–Trinajstić information content (AvgIpc) is 3.27. The fraction of sp³-hybridized carbons (Fsp3) is 0.632. The molecule has 2 aliphatic heterocycles. The van der Waals surface area contributed by atoms with Crippen LogP contribution >= 0.6 is 0 Å². The molecule has 0 bridgehead atoms. The third-order valence-electron chi connectivity index (χ3n) is 5.19. The highest BCUT2D eigenvalue weighted by atomic mass is 16.5. The highest BCUT2D eigenvalue weighted by molar-refractivity contribution is 5.75. The van der Waals surface area contributed by atoms with Gasteiger partial charge in [0.2, 0.25) is 0 Å². The van der Waals surface area contributed by atoms with E-state index in [0.717, 1.165) is 44.4 Å². The van der Waals surface area contributed by atoms with E-state index in [1.807, 2.05) is 42.2 Å². The predicted octanol–water partition coefficient (Wildman–Crippen LogP) is 2.85. The molecule has 2 saturated heterocycles. The standard InChI is InChI=1S/C19H28N2O3/c1-14(18-10-6-12-24-18)20-19(23)21-11-5-9-16(21)13-17(22)15-7-3-2-4-8-15/h2-4,7-8,14,16-18,22H,5-6,9-13H2,1H3,(H,20,23)/t14-,16+,17+,18-/m0/s1. The van der Waals surface area contributed by atoms with Crippen LogP contribution in [0.4, 0.5) is 4.79 Å². The van der Waals surface area contributed by atoms with E-state index in [9.17, 15) is 9.90 Å². The number of ether oxygens (including phenoxy) is 1. The molecule has 0 aromatic heterocycles. The minimum Gasteiger partial charge on any atom is -0.388 e. The molecule has 2 heterocycles. The summed E-state index contributed by atoms with van der Waals surface area (Å²) in [7, 11) is 0. The Balaban J connectivity index is 1.55. The van der Waals surface area contributed by atoms with Crippen LogP contribution < -0.4 is 5.32 Å². The number of likely N-dealkylation sites (tertiary alicyclic amines) is 1. The van der Waals surface area contributed by atoms with Crippen molar-refractivity contribution in [3.05, 3.63) is 35.9 Å². The molecule has 1 aromatic carbocycles. The Morgan fingerprint density at radius 2 is 2.12 bits per heavy atom. The second-order valence-electron chi connectivity index (χ2n) is 6.94. The summed E-state index contributed by atoms with van der Waals surface area (Å²) in [6.07, 6.45) is 4.22. The highest BCUT2D eigenvalue weighted by Gasteiger charge is 2.32. The molecule has 0 saturated carbocycles. The van der Waals surface area contributed by atoms with Gasteiger partial charge in [-0.1, -0.05) is 30.3 Å². The molecule has 1 aromatic rings. The van der Waals surface area contributed by atoms with E-state index >= 15 is 0 Å². The third kappa shape index (κ3) is 4.08. The zero-order valence-corrected chi connectivity index (χ0v) is 14.4. The molecule has 2 fully saturated rings. The number of amides is 2. The van der Waals surface area contributed by atoms with Crippen molar-refractivity contribution in [2.75, 3.05) is 13.2 Å². The van der Waals surface area contributed by atoms with Crippen LogP contribution in [0.15, 0.2) is 30.3 Å². The maximum Gasteiger partial charge on any atom is 0.317 e. The number of rotatable bonds is 5. The first-order valence-electron chi connectivity index (χ1n) is 9.07. The summed E-state index contributed by atoms with van der Waals surface area (Å²) < 4.78 is 5.65. The Labute approximate surface area is 144 Å². The molecule has 0 radical (unpaired) electrons. The lowest BCUT2D eigenvalue weighted by atomic mass is 10.0. The summed E-state index contributed by atoms with van der Waals surface area (Å²) in [5, 5.41) is 13.5. The first-order chi connectivity index (χ1) is 11.6. The molecule has 4 atom stereocenters. The Kier molecular flexibility index (Phi) is 5.74. The summed E-state index contributed by atoms with van der Waals surface area (Å²) in [5.74, 6) is 0. The molecular formula is C19H28N2O3. The van der Waals surface area contributed by atoms with Crippen molar-refractivity contribution in [2.24, 2.45) is 0 Å². The molecule has 0 spiro atoms. The van der Waals surface area contributed by atoms with Gasteiger partial charge in [0.05, 0.1) is 18.2 Å². The fourth-order valence-corrected chi connectivity index (χ4v) is 3.78. The van der Waals surface area contributed by atoms with Crippen LogP contribution in [0.25, 0.3) is 0 Å². The number of benzene rings is 1. The van der Waals surface area contributed by atoms with Gasteiger partial charge in [0, 0.05) is 19.2 Å². The molecule has 2 amide bonds. The Hall–Kier alpha value is -1.59. The molecule has 24 heavy (non-hydrogen) atoms. The lowest BCUT2D eigenvalue weighted by Gasteiger charge is -2.29. The van der Waals surface area contributed by atoms with Crippen molar-refractivity contribution in [2.45, 2.75) is 63.3 Å². The van der Waals surface area contributed by atoms with Gasteiger partial charge in [0.25, 0.3) is 0 Å². The number of aliphatic hydroxyl groups excluding tert-OH is 1.